The third-order valence-electron chi connectivity index (χ3n) is 2.83. The van der Waals surface area contributed by atoms with Crippen LogP contribution in [-0.4, -0.2) is 29.2 Å². The van der Waals surface area contributed by atoms with E-state index in [1.807, 2.05) is 28.8 Å². The van der Waals surface area contributed by atoms with Crippen LogP contribution in [0.1, 0.15) is 12.1 Å². The van der Waals surface area contributed by atoms with Gasteiger partial charge in [0.05, 0.1) is 12.1 Å². The maximum Gasteiger partial charge on any atom is 0.390 e. The van der Waals surface area contributed by atoms with Crippen LogP contribution in [-0.2, 0) is 5.33 Å². The zero-order chi connectivity index (χ0) is 14.0. The minimum Gasteiger partial charge on any atom is -0.358 e. The fourth-order valence-corrected chi connectivity index (χ4v) is 2.39. The summed E-state index contributed by atoms with van der Waals surface area (Å²) in [7, 11) is 1.62. The molecule has 0 aromatic carbocycles. The molecule has 0 aliphatic carbocycles. The molecule has 2 aromatic heterocycles. The van der Waals surface area contributed by atoms with Crippen LogP contribution in [0, 0.1) is 0 Å². The Bertz CT molecular complexity index is 565. The molecule has 2 aromatic rings. The normalized spacial score (nSPS) is 12.1. The first kappa shape index (κ1) is 14.2. The molecule has 0 aliphatic rings. The van der Waals surface area contributed by atoms with Crippen molar-refractivity contribution in [2.75, 3.05) is 18.5 Å². The summed E-state index contributed by atoms with van der Waals surface area (Å²) in [5, 5.41) is 0.532. The summed E-state index contributed by atoms with van der Waals surface area (Å²) >= 11 is 3.36. The molecule has 0 N–H and O–H groups in total. The summed E-state index contributed by atoms with van der Waals surface area (Å²) < 4.78 is 38.6. The zero-order valence-electron chi connectivity index (χ0n) is 10.3. The van der Waals surface area contributed by atoms with Crippen molar-refractivity contribution in [1.29, 1.82) is 0 Å². The summed E-state index contributed by atoms with van der Waals surface area (Å²) in [5.41, 5.74) is 1.58. The van der Waals surface area contributed by atoms with E-state index in [-0.39, 0.29) is 6.54 Å². The maximum atomic E-state index is 12.3. The van der Waals surface area contributed by atoms with E-state index < -0.39 is 12.6 Å². The van der Waals surface area contributed by atoms with Gasteiger partial charge in [-0.2, -0.15) is 13.2 Å². The second-order valence-corrected chi connectivity index (χ2v) is 4.79. The maximum absolute atomic E-state index is 12.3. The van der Waals surface area contributed by atoms with Crippen LogP contribution < -0.4 is 4.90 Å². The Labute approximate surface area is 117 Å². The average Bonchev–Trinajstić information content (AvgIpc) is 2.73. The van der Waals surface area contributed by atoms with Crippen molar-refractivity contribution in [1.82, 2.24) is 9.38 Å². The Morgan fingerprint density at radius 3 is 2.74 bits per heavy atom. The molecular weight excluding hydrogens is 323 g/mol. The van der Waals surface area contributed by atoms with E-state index in [1.54, 1.807) is 7.05 Å². The molecule has 0 aliphatic heterocycles. The van der Waals surface area contributed by atoms with Crippen molar-refractivity contribution < 1.29 is 13.2 Å². The number of aromatic nitrogens is 2. The lowest BCUT2D eigenvalue weighted by atomic mass is 10.3. The van der Waals surface area contributed by atoms with Crippen molar-refractivity contribution in [3.05, 3.63) is 30.1 Å². The van der Waals surface area contributed by atoms with Gasteiger partial charge in [-0.25, -0.2) is 4.98 Å². The van der Waals surface area contributed by atoms with Gasteiger partial charge in [-0.15, -0.1) is 0 Å². The number of nitrogens with zero attached hydrogens (tertiary/aromatic N) is 3. The second-order valence-electron chi connectivity index (χ2n) is 4.23. The van der Waals surface area contributed by atoms with E-state index >= 15 is 0 Å². The number of halogens is 4. The van der Waals surface area contributed by atoms with Crippen molar-refractivity contribution in [3.63, 3.8) is 0 Å². The molecule has 19 heavy (non-hydrogen) atoms. The topological polar surface area (TPSA) is 20.5 Å². The van der Waals surface area contributed by atoms with Crippen LogP contribution >= 0.6 is 15.9 Å². The number of alkyl halides is 4. The lowest BCUT2D eigenvalue weighted by Crippen LogP contribution is -2.25. The standard InChI is InChI=1S/C12H13BrF3N3/c1-18(7-5-12(14,15)16)11-9(8-13)19-6-3-2-4-10(19)17-11/h2-4,6H,5,7-8H2,1H3. The van der Waals surface area contributed by atoms with E-state index in [2.05, 4.69) is 20.9 Å². The van der Waals surface area contributed by atoms with Crippen molar-refractivity contribution in [2.45, 2.75) is 17.9 Å². The molecule has 0 spiro atoms. The van der Waals surface area contributed by atoms with Gasteiger partial charge >= 0.3 is 6.18 Å². The fraction of sp³-hybridized carbons (Fsp3) is 0.417. The van der Waals surface area contributed by atoms with Gasteiger partial charge in [0.25, 0.3) is 0 Å². The second kappa shape index (κ2) is 5.40. The highest BCUT2D eigenvalue weighted by Gasteiger charge is 2.28. The van der Waals surface area contributed by atoms with Gasteiger partial charge in [0.15, 0.2) is 5.82 Å². The molecule has 0 unspecified atom stereocenters. The third kappa shape index (κ3) is 3.20. The van der Waals surface area contributed by atoms with Crippen LogP contribution in [0.4, 0.5) is 19.0 Å². The van der Waals surface area contributed by atoms with E-state index in [9.17, 15) is 13.2 Å². The zero-order valence-corrected chi connectivity index (χ0v) is 11.9. The third-order valence-corrected chi connectivity index (χ3v) is 3.36. The average molecular weight is 336 g/mol. The van der Waals surface area contributed by atoms with E-state index in [0.717, 1.165) is 11.3 Å². The van der Waals surface area contributed by atoms with Crippen molar-refractivity contribution in [2.24, 2.45) is 0 Å². The van der Waals surface area contributed by atoms with E-state index in [1.165, 1.54) is 4.90 Å². The summed E-state index contributed by atoms with van der Waals surface area (Å²) in [6, 6.07) is 5.54. The number of hydrogen-bond acceptors (Lipinski definition) is 2. The molecule has 2 heterocycles. The lowest BCUT2D eigenvalue weighted by molar-refractivity contribution is -0.132. The predicted molar refractivity (Wildman–Crippen MR) is 71.8 cm³/mol. The number of pyridine rings is 1. The van der Waals surface area contributed by atoms with Gasteiger partial charge in [0.2, 0.25) is 0 Å². The van der Waals surface area contributed by atoms with Crippen LogP contribution in [0.15, 0.2) is 24.4 Å². The quantitative estimate of drug-likeness (QED) is 0.795. The first-order valence-electron chi connectivity index (χ1n) is 5.72. The highest BCUT2D eigenvalue weighted by molar-refractivity contribution is 9.08. The molecule has 3 nitrogen and oxygen atoms in total. The van der Waals surface area contributed by atoms with Crippen LogP contribution in [0.25, 0.3) is 5.65 Å². The largest absolute Gasteiger partial charge is 0.390 e. The van der Waals surface area contributed by atoms with E-state index in [0.29, 0.717) is 11.1 Å². The molecule has 0 bridgehead atoms. The Morgan fingerprint density at radius 2 is 2.11 bits per heavy atom. The van der Waals surface area contributed by atoms with Gasteiger partial charge < -0.3 is 9.30 Å². The first-order valence-corrected chi connectivity index (χ1v) is 6.84. The van der Waals surface area contributed by atoms with Gasteiger partial charge in [-0.1, -0.05) is 22.0 Å². The summed E-state index contributed by atoms with van der Waals surface area (Å²) in [6.07, 6.45) is -3.15. The van der Waals surface area contributed by atoms with Crippen LogP contribution in [0.2, 0.25) is 0 Å². The molecule has 0 atom stereocenters. The minimum atomic E-state index is -4.15. The Morgan fingerprint density at radius 1 is 1.37 bits per heavy atom. The summed E-state index contributed by atoms with van der Waals surface area (Å²) in [6.45, 7) is -0.104. The SMILES string of the molecule is CN(CCC(F)(F)F)c1nc2ccccn2c1CBr. The molecule has 7 heteroatoms. The summed E-state index contributed by atoms with van der Waals surface area (Å²) in [5.74, 6) is 0.576. The molecule has 2 rings (SSSR count). The lowest BCUT2D eigenvalue weighted by Gasteiger charge is -2.18. The highest BCUT2D eigenvalue weighted by Crippen LogP contribution is 2.25. The van der Waals surface area contributed by atoms with Crippen LogP contribution in [0.3, 0.4) is 0 Å². The van der Waals surface area contributed by atoms with Crippen molar-refractivity contribution in [3.8, 4) is 0 Å². The fourth-order valence-electron chi connectivity index (χ4n) is 1.86. The first-order chi connectivity index (χ1) is 8.92. The van der Waals surface area contributed by atoms with Gasteiger partial charge in [-0.3, -0.25) is 0 Å². The number of fused-ring (bicyclic) bond motifs is 1. The molecule has 104 valence electrons. The van der Waals surface area contributed by atoms with Gasteiger partial charge in [0, 0.05) is 25.1 Å². The number of rotatable bonds is 4. The smallest absolute Gasteiger partial charge is 0.358 e. The molecule has 0 radical (unpaired) electrons. The Hall–Kier alpha value is -1.24. The number of hydrogen-bond donors (Lipinski definition) is 0. The molecule has 0 saturated carbocycles. The highest BCUT2D eigenvalue weighted by atomic mass is 79.9. The number of imidazole rings is 1. The summed E-state index contributed by atoms with van der Waals surface area (Å²) in [4.78, 5) is 5.91. The number of anilines is 1. The predicted octanol–water partition coefficient (Wildman–Crippen LogP) is 3.62. The Kier molecular flexibility index (Phi) is 4.03. The molecular formula is C12H13BrF3N3. The molecule has 0 amide bonds. The van der Waals surface area contributed by atoms with Crippen molar-refractivity contribution >= 4 is 27.4 Å². The van der Waals surface area contributed by atoms with Gasteiger partial charge in [0.1, 0.15) is 5.65 Å². The Balaban J connectivity index is 2.28. The molecule has 0 fully saturated rings. The van der Waals surface area contributed by atoms with Crippen LogP contribution in [0.5, 0.6) is 0 Å². The van der Waals surface area contributed by atoms with Gasteiger partial charge in [-0.05, 0) is 12.1 Å². The molecule has 0 saturated heterocycles. The minimum absolute atomic E-state index is 0.104. The van der Waals surface area contributed by atoms with E-state index in [4.69, 9.17) is 0 Å². The monoisotopic (exact) mass is 335 g/mol.